The second kappa shape index (κ2) is 11.2. The summed E-state index contributed by atoms with van der Waals surface area (Å²) in [6, 6.07) is 16.5. The molecule has 3 aromatic carbocycles. The Bertz CT molecular complexity index is 1530. The van der Waals surface area contributed by atoms with Crippen molar-refractivity contribution in [1.29, 1.82) is 0 Å². The van der Waals surface area contributed by atoms with Gasteiger partial charge in [-0.1, -0.05) is 24.3 Å². The molecule has 7 nitrogen and oxygen atoms in total. The first-order valence-corrected chi connectivity index (χ1v) is 14.3. The Balaban J connectivity index is 1.27. The maximum absolute atomic E-state index is 14.3. The zero-order valence-electron chi connectivity index (χ0n) is 21.8. The highest BCUT2D eigenvalue weighted by molar-refractivity contribution is 7.09. The zero-order chi connectivity index (χ0) is 27.6. The number of carbonyl (C=O) groups excluding carboxylic acids is 2. The molecule has 3 heterocycles. The molecule has 1 amide bonds. The normalized spacial score (nSPS) is 15.8. The number of benzene rings is 3. The molecular weight excluding hydrogens is 527 g/mol. The van der Waals surface area contributed by atoms with E-state index in [1.165, 1.54) is 28.0 Å². The van der Waals surface area contributed by atoms with Gasteiger partial charge in [-0.25, -0.2) is 9.37 Å². The van der Waals surface area contributed by atoms with Crippen LogP contribution in [0.25, 0.3) is 11.1 Å². The van der Waals surface area contributed by atoms with E-state index in [-0.39, 0.29) is 36.0 Å². The predicted octanol–water partition coefficient (Wildman–Crippen LogP) is 4.96. The lowest BCUT2D eigenvalue weighted by Gasteiger charge is -2.29. The number of aromatic hydroxyl groups is 1. The van der Waals surface area contributed by atoms with Crippen LogP contribution in [0, 0.1) is 5.82 Å². The molecule has 6 rings (SSSR count). The molecule has 1 atom stereocenters. The monoisotopic (exact) mass is 556 g/mol. The van der Waals surface area contributed by atoms with Crippen LogP contribution in [0.4, 0.5) is 10.1 Å². The van der Waals surface area contributed by atoms with Gasteiger partial charge in [-0.3, -0.25) is 9.59 Å². The Hall–Kier alpha value is -4.08. The fourth-order valence-electron chi connectivity index (χ4n) is 5.50. The van der Waals surface area contributed by atoms with Crippen molar-refractivity contribution in [2.45, 2.75) is 25.4 Å². The largest absolute Gasteiger partial charge is 0.508 e. The number of hydrogen-bond donors (Lipinski definition) is 2. The molecule has 2 aliphatic rings. The minimum absolute atomic E-state index is 0.0917. The molecule has 0 bridgehead atoms. The molecule has 40 heavy (non-hydrogen) atoms. The number of fused-ring (bicyclic) bond motifs is 1. The number of halogens is 1. The number of aryl methyl sites for hydroxylation is 1. The first kappa shape index (κ1) is 26.2. The van der Waals surface area contributed by atoms with E-state index in [9.17, 15) is 19.1 Å². The van der Waals surface area contributed by atoms with Crippen LogP contribution in [0.2, 0.25) is 0 Å². The van der Waals surface area contributed by atoms with Gasteiger partial charge in [0, 0.05) is 74.0 Å². The lowest BCUT2D eigenvalue weighted by atomic mass is 9.97. The van der Waals surface area contributed by atoms with Gasteiger partial charge in [0.05, 0.1) is 5.01 Å². The third kappa shape index (κ3) is 5.22. The predicted molar refractivity (Wildman–Crippen MR) is 153 cm³/mol. The molecule has 0 spiro atoms. The summed E-state index contributed by atoms with van der Waals surface area (Å²) in [5.74, 6) is -1.39. The first-order chi connectivity index (χ1) is 19.5. The van der Waals surface area contributed by atoms with Crippen molar-refractivity contribution in [1.82, 2.24) is 15.2 Å². The van der Waals surface area contributed by atoms with Crippen LogP contribution in [0.1, 0.15) is 39.0 Å². The average Bonchev–Trinajstić information content (AvgIpc) is 3.62. The summed E-state index contributed by atoms with van der Waals surface area (Å²) in [6.07, 6.45) is 2.20. The quantitative estimate of drug-likeness (QED) is 0.319. The average molecular weight is 557 g/mol. The van der Waals surface area contributed by atoms with Crippen molar-refractivity contribution >= 4 is 28.7 Å². The third-order valence-electron chi connectivity index (χ3n) is 7.59. The Morgan fingerprint density at radius 3 is 2.58 bits per heavy atom. The van der Waals surface area contributed by atoms with Gasteiger partial charge in [0.1, 0.15) is 17.6 Å². The second-order valence-corrected chi connectivity index (χ2v) is 11.1. The highest BCUT2D eigenvalue weighted by Crippen LogP contribution is 2.38. The van der Waals surface area contributed by atoms with E-state index in [1.807, 2.05) is 23.6 Å². The molecular formula is C31H29FN4O3S. The number of ketones is 1. The molecule has 0 aliphatic carbocycles. The maximum atomic E-state index is 14.3. The Morgan fingerprint density at radius 2 is 1.82 bits per heavy atom. The van der Waals surface area contributed by atoms with Crippen LogP contribution in [-0.4, -0.2) is 52.9 Å². The van der Waals surface area contributed by atoms with E-state index in [0.29, 0.717) is 12.0 Å². The molecule has 2 N–H and O–H groups in total. The summed E-state index contributed by atoms with van der Waals surface area (Å²) in [6.45, 7) is 4.06. The summed E-state index contributed by atoms with van der Waals surface area (Å²) in [5, 5.41) is 16.6. The molecule has 1 fully saturated rings. The van der Waals surface area contributed by atoms with Gasteiger partial charge in [0.15, 0.2) is 5.78 Å². The number of hydrogen-bond acceptors (Lipinski definition) is 7. The molecule has 4 aromatic rings. The van der Waals surface area contributed by atoms with Crippen LogP contribution in [-0.2, 0) is 17.8 Å². The number of phenols is 1. The Kier molecular flexibility index (Phi) is 7.32. The van der Waals surface area contributed by atoms with Crippen molar-refractivity contribution in [3.8, 4) is 16.9 Å². The summed E-state index contributed by atoms with van der Waals surface area (Å²) in [5.41, 5.74) is 4.46. The van der Waals surface area contributed by atoms with Crippen molar-refractivity contribution in [2.24, 2.45) is 0 Å². The van der Waals surface area contributed by atoms with Gasteiger partial charge in [0.2, 0.25) is 0 Å². The van der Waals surface area contributed by atoms with Gasteiger partial charge in [0.25, 0.3) is 5.91 Å². The standard InChI is InChI=1S/C31H29FN4O3S/c32-23-5-8-27(37)26(18-23)30(28(38)9-10-29-34-13-16-40-29)36-19-22-2-1-21(17-25(22)31(36)39)20-3-6-24(7-4-20)35-14-11-33-12-15-35/h1-8,13,16-18,30,33,37H,9-12,14-15,19H2. The fourth-order valence-corrected chi connectivity index (χ4v) is 6.12. The van der Waals surface area contributed by atoms with E-state index in [2.05, 4.69) is 39.5 Å². The number of nitrogens with zero attached hydrogens (tertiary/aromatic N) is 3. The molecule has 1 unspecified atom stereocenters. The summed E-state index contributed by atoms with van der Waals surface area (Å²) in [7, 11) is 0. The fraction of sp³-hybridized carbons (Fsp3) is 0.258. The summed E-state index contributed by atoms with van der Waals surface area (Å²) >= 11 is 1.45. The van der Waals surface area contributed by atoms with Crippen LogP contribution < -0.4 is 10.2 Å². The Morgan fingerprint density at radius 1 is 1.05 bits per heavy atom. The number of aromatic nitrogens is 1. The Labute approximate surface area is 235 Å². The number of phenolic OH excluding ortho intramolecular Hbond substituents is 1. The summed E-state index contributed by atoms with van der Waals surface area (Å²) < 4.78 is 14.3. The topological polar surface area (TPSA) is 85.8 Å². The molecule has 1 aromatic heterocycles. The van der Waals surface area contributed by atoms with E-state index < -0.39 is 11.9 Å². The number of amides is 1. The lowest BCUT2D eigenvalue weighted by molar-refractivity contribution is -0.123. The van der Waals surface area contributed by atoms with E-state index in [1.54, 1.807) is 6.20 Å². The van der Waals surface area contributed by atoms with Gasteiger partial charge in [-0.15, -0.1) is 11.3 Å². The van der Waals surface area contributed by atoms with Gasteiger partial charge < -0.3 is 20.2 Å². The molecule has 0 saturated carbocycles. The van der Waals surface area contributed by atoms with Crippen molar-refractivity contribution in [3.05, 3.63) is 99.8 Å². The van der Waals surface area contributed by atoms with Crippen LogP contribution in [0.5, 0.6) is 5.75 Å². The number of carbonyl (C=O) groups is 2. The zero-order valence-corrected chi connectivity index (χ0v) is 22.7. The molecule has 0 radical (unpaired) electrons. The summed E-state index contributed by atoms with van der Waals surface area (Å²) in [4.78, 5) is 35.4. The number of anilines is 1. The smallest absolute Gasteiger partial charge is 0.255 e. The number of Topliss-reactive ketones (excluding diaryl/α,β-unsaturated/α-hetero) is 1. The minimum atomic E-state index is -1.11. The van der Waals surface area contributed by atoms with E-state index >= 15 is 0 Å². The van der Waals surface area contributed by atoms with Gasteiger partial charge in [-0.2, -0.15) is 0 Å². The van der Waals surface area contributed by atoms with Gasteiger partial charge >= 0.3 is 0 Å². The van der Waals surface area contributed by atoms with E-state index in [0.717, 1.165) is 60.0 Å². The van der Waals surface area contributed by atoms with Crippen molar-refractivity contribution < 1.29 is 19.1 Å². The SMILES string of the molecule is O=C(CCc1nccs1)C(c1cc(F)ccc1O)N1Cc2ccc(-c3ccc(N4CCNCC4)cc3)cc2C1=O. The molecule has 9 heteroatoms. The molecule has 204 valence electrons. The number of nitrogens with one attached hydrogen (secondary N) is 1. The first-order valence-electron chi connectivity index (χ1n) is 13.4. The molecule has 1 saturated heterocycles. The highest BCUT2D eigenvalue weighted by atomic mass is 32.1. The van der Waals surface area contributed by atoms with Crippen LogP contribution in [0.3, 0.4) is 0 Å². The highest BCUT2D eigenvalue weighted by Gasteiger charge is 2.38. The second-order valence-electron chi connectivity index (χ2n) is 10.1. The van der Waals surface area contributed by atoms with E-state index in [4.69, 9.17) is 0 Å². The lowest BCUT2D eigenvalue weighted by Crippen LogP contribution is -2.43. The van der Waals surface area contributed by atoms with Crippen molar-refractivity contribution in [3.63, 3.8) is 0 Å². The maximum Gasteiger partial charge on any atom is 0.255 e. The number of piperazine rings is 1. The van der Waals surface area contributed by atoms with Crippen LogP contribution in [0.15, 0.2) is 72.2 Å². The minimum Gasteiger partial charge on any atom is -0.508 e. The van der Waals surface area contributed by atoms with Crippen molar-refractivity contribution in [2.75, 3.05) is 31.1 Å². The van der Waals surface area contributed by atoms with Gasteiger partial charge in [-0.05, 0) is 53.1 Å². The number of thiazole rings is 1. The number of rotatable bonds is 8. The molecule has 2 aliphatic heterocycles. The van der Waals surface area contributed by atoms with Crippen LogP contribution >= 0.6 is 11.3 Å². The third-order valence-corrected chi connectivity index (χ3v) is 8.43.